The van der Waals surface area contributed by atoms with Crippen LogP contribution in [0.2, 0.25) is 5.02 Å². The van der Waals surface area contributed by atoms with Gasteiger partial charge in [-0.2, -0.15) is 0 Å². The molecule has 0 saturated heterocycles. The van der Waals surface area contributed by atoms with Crippen molar-refractivity contribution in [1.82, 2.24) is 0 Å². The Morgan fingerprint density at radius 3 is 2.40 bits per heavy atom. The molecule has 0 saturated carbocycles. The molecule has 2 unspecified atom stereocenters. The van der Waals surface area contributed by atoms with Gasteiger partial charge in [-0.15, -0.1) is 11.3 Å². The molecule has 6 heteroatoms. The van der Waals surface area contributed by atoms with E-state index in [1.54, 1.807) is 6.07 Å². The Hall–Kier alpha value is 0.810. The monoisotopic (exact) mass is 380 g/mol. The maximum absolute atomic E-state index is 13.1. The molecule has 0 aromatic carbocycles. The van der Waals surface area contributed by atoms with Crippen LogP contribution in [0, 0.1) is 5.92 Å². The van der Waals surface area contributed by atoms with E-state index in [2.05, 4.69) is 31.9 Å². The smallest absolute Gasteiger partial charge is 0.207 e. The average molecular weight is 382 g/mol. The largest absolute Gasteiger partial charge is 0.249 e. The molecule has 0 N–H and O–H groups in total. The van der Waals surface area contributed by atoms with Gasteiger partial charge in [-0.3, -0.25) is 0 Å². The summed E-state index contributed by atoms with van der Waals surface area (Å²) in [6.07, 6.45) is 0. The first kappa shape index (κ1) is 13.9. The van der Waals surface area contributed by atoms with Gasteiger partial charge in [0.1, 0.15) is 0 Å². The second-order valence-electron chi connectivity index (χ2n) is 3.42. The summed E-state index contributed by atoms with van der Waals surface area (Å²) in [5.41, 5.74) is 0. The lowest BCUT2D eigenvalue weighted by Gasteiger charge is -2.23. The normalized spacial score (nSPS) is 16.5. The lowest BCUT2D eigenvalue weighted by Crippen LogP contribution is -2.24. The Labute approximate surface area is 113 Å². The summed E-state index contributed by atoms with van der Waals surface area (Å²) < 4.78 is 27.0. The van der Waals surface area contributed by atoms with Crippen molar-refractivity contribution in [3.63, 3.8) is 0 Å². The molecule has 0 amide bonds. The van der Waals surface area contributed by atoms with Gasteiger partial charge in [0.25, 0.3) is 0 Å². The molecule has 0 bridgehead atoms. The topological polar surface area (TPSA) is 0 Å². The maximum Gasteiger partial charge on any atom is 0.249 e. The Kier molecular flexibility index (Phi) is 4.61. The zero-order valence-corrected chi connectivity index (χ0v) is 12.8. The highest BCUT2D eigenvalue weighted by Gasteiger charge is 2.36. The first-order valence-corrected chi connectivity index (χ1v) is 7.10. The van der Waals surface area contributed by atoms with E-state index in [9.17, 15) is 8.78 Å². The SMILES string of the molecule is CC(C(Br)c1cc(Cl)c(Br)s1)C(C)(F)F. The van der Waals surface area contributed by atoms with E-state index in [0.717, 1.165) is 15.6 Å². The van der Waals surface area contributed by atoms with Crippen LogP contribution < -0.4 is 0 Å². The average Bonchev–Trinajstić information content (AvgIpc) is 2.43. The minimum Gasteiger partial charge on any atom is -0.207 e. The Morgan fingerprint density at radius 2 is 2.07 bits per heavy atom. The standard InChI is InChI=1S/C9H9Br2ClF2S/c1-4(9(2,13)14)7(10)6-3-5(12)8(11)15-6/h3-4,7H,1-2H3. The number of rotatable bonds is 3. The van der Waals surface area contributed by atoms with Crippen LogP contribution in [0.15, 0.2) is 9.85 Å². The van der Waals surface area contributed by atoms with Gasteiger partial charge in [0, 0.05) is 10.8 Å². The number of halogens is 5. The molecule has 0 fully saturated rings. The number of thiophene rings is 1. The minimum atomic E-state index is -2.71. The Bertz CT molecular complexity index is 329. The van der Waals surface area contributed by atoms with Crippen molar-refractivity contribution in [2.45, 2.75) is 24.6 Å². The molecule has 0 nitrogen and oxygen atoms in total. The van der Waals surface area contributed by atoms with Crippen LogP contribution in [0.25, 0.3) is 0 Å². The molecule has 1 heterocycles. The lowest BCUT2D eigenvalue weighted by molar-refractivity contribution is -0.0321. The predicted octanol–water partition coefficient (Wildman–Crippen LogP) is 5.89. The van der Waals surface area contributed by atoms with Crippen molar-refractivity contribution in [2.75, 3.05) is 0 Å². The molecule has 1 rings (SSSR count). The Morgan fingerprint density at radius 1 is 1.53 bits per heavy atom. The fraction of sp³-hybridized carbons (Fsp3) is 0.556. The van der Waals surface area contributed by atoms with Crippen LogP contribution in [-0.4, -0.2) is 5.92 Å². The third-order valence-corrected chi connectivity index (χ3v) is 6.32. The van der Waals surface area contributed by atoms with Crippen LogP contribution in [-0.2, 0) is 0 Å². The van der Waals surface area contributed by atoms with Crippen molar-refractivity contribution >= 4 is 54.8 Å². The molecule has 2 atom stereocenters. The molecule has 86 valence electrons. The third-order valence-electron chi connectivity index (χ3n) is 2.17. The van der Waals surface area contributed by atoms with Gasteiger partial charge < -0.3 is 0 Å². The van der Waals surface area contributed by atoms with Gasteiger partial charge in [-0.25, -0.2) is 8.78 Å². The lowest BCUT2D eigenvalue weighted by atomic mass is 10.0. The van der Waals surface area contributed by atoms with E-state index < -0.39 is 11.8 Å². The van der Waals surface area contributed by atoms with Gasteiger partial charge >= 0.3 is 0 Å². The molecule has 1 aromatic rings. The van der Waals surface area contributed by atoms with Crippen LogP contribution in [0.5, 0.6) is 0 Å². The van der Waals surface area contributed by atoms with Crippen LogP contribution in [0.1, 0.15) is 23.6 Å². The zero-order valence-electron chi connectivity index (χ0n) is 8.03. The molecule has 0 aliphatic rings. The molecular weight excluding hydrogens is 373 g/mol. The summed E-state index contributed by atoms with van der Waals surface area (Å²) in [6, 6.07) is 1.71. The van der Waals surface area contributed by atoms with Crippen molar-refractivity contribution in [3.8, 4) is 0 Å². The molecule has 0 spiro atoms. The van der Waals surface area contributed by atoms with Crippen molar-refractivity contribution in [2.24, 2.45) is 5.92 Å². The van der Waals surface area contributed by atoms with Crippen molar-refractivity contribution in [3.05, 3.63) is 19.8 Å². The first-order valence-electron chi connectivity index (χ1n) is 4.20. The molecule has 1 aromatic heterocycles. The second kappa shape index (κ2) is 4.98. The van der Waals surface area contributed by atoms with Gasteiger partial charge in [0.15, 0.2) is 0 Å². The van der Waals surface area contributed by atoms with E-state index >= 15 is 0 Å². The van der Waals surface area contributed by atoms with Gasteiger partial charge in [0.2, 0.25) is 5.92 Å². The highest BCUT2D eigenvalue weighted by molar-refractivity contribution is 9.11. The highest BCUT2D eigenvalue weighted by atomic mass is 79.9. The van der Waals surface area contributed by atoms with Crippen LogP contribution >= 0.6 is 54.8 Å². The Balaban J connectivity index is 2.90. The van der Waals surface area contributed by atoms with E-state index in [1.165, 1.54) is 18.3 Å². The minimum absolute atomic E-state index is 0.383. The first-order chi connectivity index (χ1) is 6.73. The molecule has 0 aliphatic heterocycles. The molecular formula is C9H9Br2ClF2S. The number of hydrogen-bond acceptors (Lipinski definition) is 1. The second-order valence-corrected chi connectivity index (χ2v) is 7.21. The molecule has 15 heavy (non-hydrogen) atoms. The van der Waals surface area contributed by atoms with E-state index in [4.69, 9.17) is 11.6 Å². The van der Waals surface area contributed by atoms with Crippen LogP contribution in [0.3, 0.4) is 0 Å². The quantitative estimate of drug-likeness (QED) is 0.572. The summed E-state index contributed by atoms with van der Waals surface area (Å²) in [7, 11) is 0. The van der Waals surface area contributed by atoms with E-state index in [1.807, 2.05) is 0 Å². The third kappa shape index (κ3) is 3.38. The zero-order chi connectivity index (χ0) is 11.8. The number of alkyl halides is 3. The van der Waals surface area contributed by atoms with Gasteiger partial charge in [-0.1, -0.05) is 34.5 Å². The summed E-state index contributed by atoms with van der Waals surface area (Å²) >= 11 is 13.8. The van der Waals surface area contributed by atoms with E-state index in [-0.39, 0.29) is 4.83 Å². The van der Waals surface area contributed by atoms with Crippen molar-refractivity contribution in [1.29, 1.82) is 0 Å². The fourth-order valence-corrected chi connectivity index (χ4v) is 3.71. The summed E-state index contributed by atoms with van der Waals surface area (Å²) in [4.78, 5) is 0.423. The molecule has 0 radical (unpaired) electrons. The van der Waals surface area contributed by atoms with Crippen LogP contribution in [0.4, 0.5) is 8.78 Å². The molecule has 0 aliphatic carbocycles. The predicted molar refractivity (Wildman–Crippen MR) is 68.5 cm³/mol. The van der Waals surface area contributed by atoms with Crippen molar-refractivity contribution < 1.29 is 8.78 Å². The highest BCUT2D eigenvalue weighted by Crippen LogP contribution is 2.45. The summed E-state index contributed by atoms with van der Waals surface area (Å²) in [5.74, 6) is -3.49. The van der Waals surface area contributed by atoms with Gasteiger partial charge in [0.05, 0.1) is 13.6 Å². The maximum atomic E-state index is 13.1. The van der Waals surface area contributed by atoms with E-state index in [0.29, 0.717) is 5.02 Å². The summed E-state index contributed by atoms with van der Waals surface area (Å²) in [6.45, 7) is 2.44. The summed E-state index contributed by atoms with van der Waals surface area (Å²) in [5, 5.41) is 0.561. The fourth-order valence-electron chi connectivity index (χ4n) is 1.00. The van der Waals surface area contributed by atoms with Gasteiger partial charge in [-0.05, 0) is 28.9 Å². The number of hydrogen-bond donors (Lipinski definition) is 0.